The standard InChI is InChI=1S/C18H17BrO4S2/c1-21-14-9-12(10-15(22-2)16(14)19)17(20)23-13-5-3-11(4-6-13)18-24-7-8-25-18/h3-6,9-10,18H,7-8H2,1-2H3. The van der Waals surface area contributed by atoms with Crippen LogP contribution in [-0.2, 0) is 0 Å². The summed E-state index contributed by atoms with van der Waals surface area (Å²) in [7, 11) is 3.07. The molecule has 1 aliphatic rings. The van der Waals surface area contributed by atoms with Gasteiger partial charge in [0.2, 0.25) is 0 Å². The summed E-state index contributed by atoms with van der Waals surface area (Å²) in [5, 5.41) is 0. The molecule has 0 atom stereocenters. The molecule has 2 aromatic carbocycles. The average molecular weight is 441 g/mol. The SMILES string of the molecule is COc1cc(C(=O)Oc2ccc(C3SCCS3)cc2)cc(OC)c1Br. The second kappa shape index (κ2) is 8.38. The van der Waals surface area contributed by atoms with Gasteiger partial charge in [-0.15, -0.1) is 23.5 Å². The number of rotatable bonds is 5. The molecule has 7 heteroatoms. The number of halogens is 1. The number of hydrogen-bond acceptors (Lipinski definition) is 6. The van der Waals surface area contributed by atoms with E-state index in [1.807, 2.05) is 47.8 Å². The summed E-state index contributed by atoms with van der Waals surface area (Å²) >= 11 is 7.27. The number of carbonyl (C=O) groups is 1. The fourth-order valence-corrected chi connectivity index (χ4v) is 5.81. The van der Waals surface area contributed by atoms with Crippen LogP contribution in [-0.4, -0.2) is 31.7 Å². The van der Waals surface area contributed by atoms with E-state index >= 15 is 0 Å². The third-order valence-electron chi connectivity index (χ3n) is 3.67. The van der Waals surface area contributed by atoms with Gasteiger partial charge in [-0.1, -0.05) is 12.1 Å². The first-order chi connectivity index (χ1) is 12.1. The van der Waals surface area contributed by atoms with Crippen molar-refractivity contribution in [2.24, 2.45) is 0 Å². The molecule has 25 heavy (non-hydrogen) atoms. The first kappa shape index (κ1) is 18.5. The maximum absolute atomic E-state index is 12.4. The molecule has 0 N–H and O–H groups in total. The Balaban J connectivity index is 1.75. The van der Waals surface area contributed by atoms with E-state index in [0.717, 1.165) is 0 Å². The van der Waals surface area contributed by atoms with Crippen molar-refractivity contribution in [3.05, 3.63) is 52.0 Å². The lowest BCUT2D eigenvalue weighted by atomic mass is 10.2. The lowest BCUT2D eigenvalue weighted by molar-refractivity contribution is 0.0734. The largest absolute Gasteiger partial charge is 0.495 e. The summed E-state index contributed by atoms with van der Waals surface area (Å²) in [5.74, 6) is 3.44. The second-order valence-corrected chi connectivity index (χ2v) is 8.74. The number of carbonyl (C=O) groups excluding carboxylic acids is 1. The van der Waals surface area contributed by atoms with Gasteiger partial charge in [-0.3, -0.25) is 0 Å². The van der Waals surface area contributed by atoms with Crippen LogP contribution in [0.1, 0.15) is 20.5 Å². The van der Waals surface area contributed by atoms with E-state index < -0.39 is 5.97 Å². The number of esters is 1. The summed E-state index contributed by atoms with van der Waals surface area (Å²) < 4.78 is 17.1. The van der Waals surface area contributed by atoms with E-state index in [2.05, 4.69) is 15.9 Å². The highest BCUT2D eigenvalue weighted by atomic mass is 79.9. The van der Waals surface area contributed by atoms with Crippen molar-refractivity contribution in [3.8, 4) is 17.2 Å². The van der Waals surface area contributed by atoms with Gasteiger partial charge in [-0.2, -0.15) is 0 Å². The van der Waals surface area contributed by atoms with Crippen LogP contribution in [0.4, 0.5) is 0 Å². The highest BCUT2D eigenvalue weighted by Crippen LogP contribution is 2.45. The van der Waals surface area contributed by atoms with Crippen LogP contribution in [0.25, 0.3) is 0 Å². The summed E-state index contributed by atoms with van der Waals surface area (Å²) in [6.45, 7) is 0. The fourth-order valence-electron chi connectivity index (χ4n) is 2.40. The fraction of sp³-hybridized carbons (Fsp3) is 0.278. The number of benzene rings is 2. The van der Waals surface area contributed by atoms with Crippen molar-refractivity contribution >= 4 is 45.4 Å². The third kappa shape index (κ3) is 4.27. The molecular weight excluding hydrogens is 424 g/mol. The normalized spacial score (nSPS) is 14.4. The molecule has 0 aliphatic carbocycles. The van der Waals surface area contributed by atoms with Crippen molar-refractivity contribution < 1.29 is 19.0 Å². The molecule has 1 aliphatic heterocycles. The van der Waals surface area contributed by atoms with Gasteiger partial charge in [0, 0.05) is 11.5 Å². The van der Waals surface area contributed by atoms with E-state index in [1.165, 1.54) is 31.3 Å². The summed E-state index contributed by atoms with van der Waals surface area (Å²) in [4.78, 5) is 12.4. The van der Waals surface area contributed by atoms with E-state index in [-0.39, 0.29) is 0 Å². The number of methoxy groups -OCH3 is 2. The van der Waals surface area contributed by atoms with Gasteiger partial charge in [0.1, 0.15) is 21.7 Å². The lowest BCUT2D eigenvalue weighted by Gasteiger charge is -2.12. The van der Waals surface area contributed by atoms with Crippen LogP contribution < -0.4 is 14.2 Å². The first-order valence-corrected chi connectivity index (χ1v) is 10.5. The van der Waals surface area contributed by atoms with Gasteiger partial charge in [0.15, 0.2) is 0 Å². The second-order valence-electron chi connectivity index (χ2n) is 5.23. The quantitative estimate of drug-likeness (QED) is 0.472. The van der Waals surface area contributed by atoms with Crippen LogP contribution >= 0.6 is 39.5 Å². The Labute approximate surface area is 163 Å². The zero-order valence-electron chi connectivity index (χ0n) is 13.8. The minimum Gasteiger partial charge on any atom is -0.495 e. The van der Waals surface area contributed by atoms with Crippen molar-refractivity contribution in [2.45, 2.75) is 4.58 Å². The molecule has 0 saturated carbocycles. The highest BCUT2D eigenvalue weighted by molar-refractivity contribution is 9.10. The molecule has 0 radical (unpaired) electrons. The molecular formula is C18H17BrO4S2. The maximum Gasteiger partial charge on any atom is 0.343 e. The topological polar surface area (TPSA) is 44.8 Å². The number of hydrogen-bond donors (Lipinski definition) is 0. The predicted octanol–water partition coefficient (Wildman–Crippen LogP) is 5.16. The average Bonchev–Trinajstić information content (AvgIpc) is 3.17. The van der Waals surface area contributed by atoms with Crippen LogP contribution in [0.2, 0.25) is 0 Å². The predicted molar refractivity (Wildman–Crippen MR) is 106 cm³/mol. The molecule has 1 saturated heterocycles. The van der Waals surface area contributed by atoms with Crippen molar-refractivity contribution in [3.63, 3.8) is 0 Å². The van der Waals surface area contributed by atoms with Gasteiger partial charge in [0.05, 0.1) is 24.4 Å². The zero-order valence-corrected chi connectivity index (χ0v) is 17.0. The summed E-state index contributed by atoms with van der Waals surface area (Å²) in [5.41, 5.74) is 1.61. The first-order valence-electron chi connectivity index (χ1n) is 7.59. The molecule has 4 nitrogen and oxygen atoms in total. The molecule has 0 aromatic heterocycles. The molecule has 3 rings (SSSR count). The van der Waals surface area contributed by atoms with Gasteiger partial charge in [-0.05, 0) is 45.8 Å². The van der Waals surface area contributed by atoms with E-state index in [1.54, 1.807) is 12.1 Å². The zero-order chi connectivity index (χ0) is 17.8. The van der Waals surface area contributed by atoms with Crippen LogP contribution in [0, 0.1) is 0 Å². The molecule has 2 aromatic rings. The Morgan fingerprint density at radius 3 is 2.12 bits per heavy atom. The molecule has 0 spiro atoms. The monoisotopic (exact) mass is 440 g/mol. The lowest BCUT2D eigenvalue weighted by Crippen LogP contribution is -2.09. The molecule has 1 fully saturated rings. The van der Waals surface area contributed by atoms with Gasteiger partial charge in [0.25, 0.3) is 0 Å². The molecule has 1 heterocycles. The Morgan fingerprint density at radius 2 is 1.60 bits per heavy atom. The minimum absolute atomic E-state index is 0.364. The number of thioether (sulfide) groups is 2. The Kier molecular flexibility index (Phi) is 6.19. The van der Waals surface area contributed by atoms with Gasteiger partial charge in [-0.25, -0.2) is 4.79 Å². The van der Waals surface area contributed by atoms with E-state index in [0.29, 0.717) is 31.9 Å². The summed E-state index contributed by atoms with van der Waals surface area (Å²) in [6, 6.07) is 10.9. The van der Waals surface area contributed by atoms with Crippen LogP contribution in [0.3, 0.4) is 0 Å². The Morgan fingerprint density at radius 1 is 1.04 bits per heavy atom. The van der Waals surface area contributed by atoms with Gasteiger partial charge >= 0.3 is 5.97 Å². The van der Waals surface area contributed by atoms with Crippen LogP contribution in [0.15, 0.2) is 40.9 Å². The molecule has 0 bridgehead atoms. The van der Waals surface area contributed by atoms with E-state index in [9.17, 15) is 4.79 Å². The summed E-state index contributed by atoms with van der Waals surface area (Å²) in [6.07, 6.45) is 0. The van der Waals surface area contributed by atoms with Crippen molar-refractivity contribution in [1.82, 2.24) is 0 Å². The Bertz CT molecular complexity index is 733. The van der Waals surface area contributed by atoms with E-state index in [4.69, 9.17) is 14.2 Å². The maximum atomic E-state index is 12.4. The highest BCUT2D eigenvalue weighted by Gasteiger charge is 2.19. The van der Waals surface area contributed by atoms with Crippen LogP contribution in [0.5, 0.6) is 17.2 Å². The van der Waals surface area contributed by atoms with Gasteiger partial charge < -0.3 is 14.2 Å². The minimum atomic E-state index is -0.457. The smallest absolute Gasteiger partial charge is 0.343 e. The van der Waals surface area contributed by atoms with Crippen molar-refractivity contribution in [1.29, 1.82) is 0 Å². The third-order valence-corrected chi connectivity index (χ3v) is 7.55. The van der Waals surface area contributed by atoms with Crippen molar-refractivity contribution in [2.75, 3.05) is 25.7 Å². The molecule has 0 unspecified atom stereocenters. The molecule has 0 amide bonds. The number of ether oxygens (including phenoxy) is 3. The molecule has 132 valence electrons. The Hall–Kier alpha value is -1.31.